The van der Waals surface area contributed by atoms with E-state index < -0.39 is 0 Å². The van der Waals surface area contributed by atoms with E-state index in [1.807, 2.05) is 37.3 Å². The first-order valence-corrected chi connectivity index (χ1v) is 8.01. The lowest BCUT2D eigenvalue weighted by atomic mass is 10.0. The molecular weight excluding hydrogens is 314 g/mol. The van der Waals surface area contributed by atoms with Crippen LogP contribution in [0.2, 0.25) is 5.02 Å². The van der Waals surface area contributed by atoms with Gasteiger partial charge in [0.1, 0.15) is 13.2 Å². The van der Waals surface area contributed by atoms with E-state index in [9.17, 15) is 4.79 Å². The summed E-state index contributed by atoms with van der Waals surface area (Å²) in [6.07, 6.45) is 0.790. The molecule has 5 heteroatoms. The minimum atomic E-state index is -0.220. The molecule has 4 nitrogen and oxygen atoms in total. The number of halogens is 1. The van der Waals surface area contributed by atoms with Crippen LogP contribution in [0.5, 0.6) is 11.5 Å². The van der Waals surface area contributed by atoms with Gasteiger partial charge in [-0.25, -0.2) is 0 Å². The lowest BCUT2D eigenvalue weighted by Crippen LogP contribution is -2.28. The minimum absolute atomic E-state index is 0.0621. The molecule has 1 N–H and O–H groups in total. The lowest BCUT2D eigenvalue weighted by Gasteiger charge is -2.21. The Balaban J connectivity index is 1.82. The zero-order valence-corrected chi connectivity index (χ0v) is 13.6. The van der Waals surface area contributed by atoms with E-state index in [0.29, 0.717) is 35.3 Å². The van der Waals surface area contributed by atoms with Gasteiger partial charge in [-0.2, -0.15) is 0 Å². The van der Waals surface area contributed by atoms with Gasteiger partial charge in [-0.15, -0.1) is 0 Å². The van der Waals surface area contributed by atoms with E-state index in [1.54, 1.807) is 12.1 Å². The van der Waals surface area contributed by atoms with Crippen molar-refractivity contribution >= 4 is 17.5 Å². The van der Waals surface area contributed by atoms with Gasteiger partial charge in [0.15, 0.2) is 11.5 Å². The number of hydrogen-bond donors (Lipinski definition) is 1. The second kappa shape index (κ2) is 6.92. The predicted molar refractivity (Wildman–Crippen MR) is 89.4 cm³/mol. The molecule has 1 atom stereocenters. The van der Waals surface area contributed by atoms with Crippen LogP contribution in [0.1, 0.15) is 35.3 Å². The maximum atomic E-state index is 12.6. The summed E-state index contributed by atoms with van der Waals surface area (Å²) in [6.45, 7) is 2.99. The molecule has 1 aliphatic heterocycles. The molecule has 0 bridgehead atoms. The number of rotatable bonds is 4. The van der Waals surface area contributed by atoms with Crippen LogP contribution in [-0.4, -0.2) is 19.1 Å². The van der Waals surface area contributed by atoms with E-state index >= 15 is 0 Å². The van der Waals surface area contributed by atoms with Crippen LogP contribution < -0.4 is 14.8 Å². The van der Waals surface area contributed by atoms with Gasteiger partial charge in [0.05, 0.1) is 16.6 Å². The van der Waals surface area contributed by atoms with Crippen molar-refractivity contribution in [3.8, 4) is 11.5 Å². The molecule has 0 aliphatic carbocycles. The molecule has 120 valence electrons. The first-order chi connectivity index (χ1) is 11.2. The van der Waals surface area contributed by atoms with Crippen LogP contribution >= 0.6 is 11.6 Å². The Bertz CT molecular complexity index is 703. The highest BCUT2D eigenvalue weighted by atomic mass is 35.5. The summed E-state index contributed by atoms with van der Waals surface area (Å²) in [6, 6.07) is 13.1. The largest absolute Gasteiger partial charge is 0.486 e. The highest BCUT2D eigenvalue weighted by molar-refractivity contribution is 6.34. The summed E-state index contributed by atoms with van der Waals surface area (Å²) in [5.41, 5.74) is 1.46. The highest BCUT2D eigenvalue weighted by Gasteiger charge is 2.21. The summed E-state index contributed by atoms with van der Waals surface area (Å²) in [5, 5.41) is 3.38. The Kier molecular flexibility index (Phi) is 4.72. The molecule has 1 amide bonds. The maximum Gasteiger partial charge on any atom is 0.253 e. The van der Waals surface area contributed by atoms with Gasteiger partial charge < -0.3 is 14.8 Å². The number of nitrogens with one attached hydrogen (secondary N) is 1. The standard InChI is InChI=1S/C18H18ClNO3/c1-2-15(12-6-4-3-5-7-12)20-18(21)13-10-16-17(11-14(13)19)23-9-8-22-16/h3-7,10-11,15H,2,8-9H2,1H3,(H,20,21)/t15-/m1/s1. The number of hydrogen-bond acceptors (Lipinski definition) is 3. The van der Waals surface area contributed by atoms with Crippen molar-refractivity contribution in [2.75, 3.05) is 13.2 Å². The van der Waals surface area contributed by atoms with Crippen molar-refractivity contribution in [2.24, 2.45) is 0 Å². The van der Waals surface area contributed by atoms with Gasteiger partial charge in [-0.05, 0) is 18.1 Å². The van der Waals surface area contributed by atoms with E-state index in [0.717, 1.165) is 12.0 Å². The molecule has 3 rings (SSSR count). The van der Waals surface area contributed by atoms with E-state index in [1.165, 1.54) is 0 Å². The monoisotopic (exact) mass is 331 g/mol. The Morgan fingerprint density at radius 3 is 2.48 bits per heavy atom. The van der Waals surface area contributed by atoms with Crippen molar-refractivity contribution in [1.29, 1.82) is 0 Å². The van der Waals surface area contributed by atoms with Crippen LogP contribution in [0.3, 0.4) is 0 Å². The quantitative estimate of drug-likeness (QED) is 0.921. The minimum Gasteiger partial charge on any atom is -0.486 e. The van der Waals surface area contributed by atoms with Crippen LogP contribution in [-0.2, 0) is 0 Å². The fourth-order valence-electron chi connectivity index (χ4n) is 2.58. The van der Waals surface area contributed by atoms with E-state index in [4.69, 9.17) is 21.1 Å². The van der Waals surface area contributed by atoms with Crippen LogP contribution in [0.25, 0.3) is 0 Å². The zero-order valence-electron chi connectivity index (χ0n) is 12.8. The second-order valence-corrected chi connectivity index (χ2v) is 5.73. The van der Waals surface area contributed by atoms with E-state index in [-0.39, 0.29) is 11.9 Å². The van der Waals surface area contributed by atoms with E-state index in [2.05, 4.69) is 5.32 Å². The van der Waals surface area contributed by atoms with Gasteiger partial charge in [0, 0.05) is 6.07 Å². The highest BCUT2D eigenvalue weighted by Crippen LogP contribution is 2.35. The molecule has 1 aliphatic rings. The molecule has 0 aromatic heterocycles. The molecular formula is C18H18ClNO3. The van der Waals surface area contributed by atoms with Gasteiger partial charge in [0.2, 0.25) is 0 Å². The van der Waals surface area contributed by atoms with Gasteiger partial charge in [-0.1, -0.05) is 48.9 Å². The first-order valence-electron chi connectivity index (χ1n) is 7.64. The smallest absolute Gasteiger partial charge is 0.253 e. The molecule has 0 saturated carbocycles. The summed E-state index contributed by atoms with van der Waals surface area (Å²) in [4.78, 5) is 12.6. The normalized spacial score (nSPS) is 14.2. The number of amides is 1. The number of ether oxygens (including phenoxy) is 2. The van der Waals surface area contributed by atoms with Crippen molar-refractivity contribution in [1.82, 2.24) is 5.32 Å². The predicted octanol–water partition coefficient (Wildman–Crippen LogP) is 3.99. The van der Waals surface area contributed by atoms with Gasteiger partial charge >= 0.3 is 0 Å². The molecule has 0 spiro atoms. The molecule has 2 aromatic carbocycles. The fraction of sp³-hybridized carbons (Fsp3) is 0.278. The van der Waals surface area contributed by atoms with Crippen LogP contribution in [0.4, 0.5) is 0 Å². The molecule has 0 fully saturated rings. The van der Waals surface area contributed by atoms with Crippen LogP contribution in [0, 0.1) is 0 Å². The van der Waals surface area contributed by atoms with Crippen molar-refractivity contribution in [3.63, 3.8) is 0 Å². The molecule has 23 heavy (non-hydrogen) atoms. The third kappa shape index (κ3) is 3.42. The number of fused-ring (bicyclic) bond motifs is 1. The van der Waals surface area contributed by atoms with Crippen LogP contribution in [0.15, 0.2) is 42.5 Å². The Labute approximate surface area is 140 Å². The third-order valence-corrected chi connectivity index (χ3v) is 4.10. The third-order valence-electron chi connectivity index (χ3n) is 3.79. The number of benzene rings is 2. The van der Waals surface area contributed by atoms with Crippen molar-refractivity contribution < 1.29 is 14.3 Å². The summed E-state index contributed by atoms with van der Waals surface area (Å²) < 4.78 is 11.0. The molecule has 0 saturated heterocycles. The molecule has 0 unspecified atom stereocenters. The van der Waals surface area contributed by atoms with Gasteiger partial charge in [-0.3, -0.25) is 4.79 Å². The first kappa shape index (κ1) is 15.7. The van der Waals surface area contributed by atoms with Crippen molar-refractivity contribution in [3.05, 3.63) is 58.6 Å². The topological polar surface area (TPSA) is 47.6 Å². The molecule has 1 heterocycles. The fourth-order valence-corrected chi connectivity index (χ4v) is 2.82. The maximum absolute atomic E-state index is 12.6. The Morgan fingerprint density at radius 1 is 1.17 bits per heavy atom. The molecule has 2 aromatic rings. The Hall–Kier alpha value is -2.20. The number of carbonyl (C=O) groups excluding carboxylic acids is 1. The SMILES string of the molecule is CC[C@@H](NC(=O)c1cc2c(cc1Cl)OCCO2)c1ccccc1. The Morgan fingerprint density at radius 2 is 1.83 bits per heavy atom. The lowest BCUT2D eigenvalue weighted by molar-refractivity contribution is 0.0934. The second-order valence-electron chi connectivity index (χ2n) is 5.32. The van der Waals surface area contributed by atoms with Gasteiger partial charge in [0.25, 0.3) is 5.91 Å². The zero-order chi connectivity index (χ0) is 16.2. The number of carbonyl (C=O) groups is 1. The van der Waals surface area contributed by atoms with Crippen molar-refractivity contribution in [2.45, 2.75) is 19.4 Å². The summed E-state index contributed by atoms with van der Waals surface area (Å²) in [7, 11) is 0. The average Bonchev–Trinajstić information content (AvgIpc) is 2.59. The molecule has 0 radical (unpaired) electrons. The average molecular weight is 332 g/mol. The summed E-state index contributed by atoms with van der Waals surface area (Å²) >= 11 is 6.23. The summed E-state index contributed by atoms with van der Waals surface area (Å²) in [5.74, 6) is 0.911.